The molecule has 3 saturated carbocycles. The number of fused-ring (bicyclic) bond motifs is 6. The first-order chi connectivity index (χ1) is 51.1. The Labute approximate surface area is 597 Å². The number of anilines is 3. The van der Waals surface area contributed by atoms with Crippen molar-refractivity contribution >= 4 is 66.7 Å². The summed E-state index contributed by atoms with van der Waals surface area (Å²) in [6.07, 6.45) is 21.6. The maximum absolute atomic E-state index is 15.8. The van der Waals surface area contributed by atoms with E-state index in [9.17, 15) is 5.21 Å². The minimum absolute atomic E-state index is 0.286. The lowest BCUT2D eigenvalue weighted by atomic mass is 9.78. The number of nitrogens with two attached hydrogens (primary N) is 3. The van der Waals surface area contributed by atoms with Crippen molar-refractivity contribution < 1.29 is 14.3 Å². The molecule has 11 heterocycles. The van der Waals surface area contributed by atoms with Crippen LogP contribution in [0.1, 0.15) is 92.3 Å². The van der Waals surface area contributed by atoms with E-state index in [0.29, 0.717) is 63.2 Å². The molecule has 16 aromatic rings. The lowest BCUT2D eigenvalue weighted by Gasteiger charge is -2.46. The summed E-state index contributed by atoms with van der Waals surface area (Å²) in [5.74, 6) is 4.92. The number of hydrogen-bond donors (Lipinski definition) is 5. The zero-order valence-corrected chi connectivity index (χ0v) is 57.0. The van der Waals surface area contributed by atoms with Gasteiger partial charge in [0.05, 0.1) is 34.2 Å². The second-order valence-corrected chi connectivity index (χ2v) is 27.6. The highest BCUT2D eigenvalue weighted by molar-refractivity contribution is 5.94. The standard InChI is InChI=1S/C33H33N9.C25H22N5O.C24H19FN6/c34-32-31-30(24-7-6-23-8-9-28(38-29(23)18-24)22-4-2-1-3-5-22)39-33(42(31)11-10-36-32)25-16-27(17-25)41-14-12-40(13-15-41)20-26-19-35-21-37-26;26-24-23-22(28-25(18-7-4-8-18)29(23)14-13-27-24)19-10-9-17-11-12-20(30(31)21(17)15-19)16-5-2-1-3-6-16;25-19-17(11-9-15-10-12-18(29-20(15)19)14-5-2-1-3-6-14)21-22-23(26)27-13-28-31(22)24(30-21)16-7-4-8-16/h1-11,18-19,21,25,27H,12-17,20H2,(H2,34,36)(H,35,37);1-3,5-6,9-15,18,31H,4,7-8H2,(H2,26,27);1-3,5-6,9-13,16H,4,7-8H2,(H2,26,27,28)/q;+1;. The third-order valence-electron chi connectivity index (χ3n) is 21.4. The summed E-state index contributed by atoms with van der Waals surface area (Å²) in [4.78, 5) is 50.1. The Balaban J connectivity index is 0.000000113. The first kappa shape index (κ1) is 63.8. The first-order valence-corrected chi connectivity index (χ1v) is 35.6. The Bertz CT molecular complexity index is 5850. The van der Waals surface area contributed by atoms with Crippen molar-refractivity contribution in [3.63, 3.8) is 0 Å². The maximum atomic E-state index is 15.8. The molecule has 20 rings (SSSR count). The van der Waals surface area contributed by atoms with Crippen LogP contribution < -0.4 is 21.9 Å². The molecule has 104 heavy (non-hydrogen) atoms. The van der Waals surface area contributed by atoms with Gasteiger partial charge in [0, 0.05) is 149 Å². The molecule has 0 amide bonds. The van der Waals surface area contributed by atoms with Gasteiger partial charge in [0.1, 0.15) is 74.6 Å². The fraction of sp³-hybridized carbons (Fsp3) is 0.207. The van der Waals surface area contributed by atoms with E-state index in [1.54, 1.807) is 29.3 Å². The molecule has 0 atom stereocenters. The Hall–Kier alpha value is -12.4. The van der Waals surface area contributed by atoms with Crippen molar-refractivity contribution in [3.8, 4) is 67.5 Å². The molecule has 10 aromatic heterocycles. The second-order valence-electron chi connectivity index (χ2n) is 27.6. The molecular formula is C82H74FN20O+. The molecule has 6 aromatic carbocycles. The largest absolute Gasteiger partial charge is 0.382 e. The fourth-order valence-corrected chi connectivity index (χ4v) is 15.3. The molecule has 514 valence electrons. The van der Waals surface area contributed by atoms with Crippen LogP contribution in [0.5, 0.6) is 0 Å². The zero-order chi connectivity index (χ0) is 69.9. The van der Waals surface area contributed by atoms with E-state index in [2.05, 4.69) is 96.1 Å². The Kier molecular flexibility index (Phi) is 16.5. The summed E-state index contributed by atoms with van der Waals surface area (Å²) in [6.45, 7) is 5.31. The highest BCUT2D eigenvalue weighted by Crippen LogP contribution is 2.45. The lowest BCUT2D eigenvalue weighted by molar-refractivity contribution is -0.876. The number of hydrogen-bond acceptors (Lipinski definition) is 16. The molecule has 1 aliphatic heterocycles. The van der Waals surface area contributed by atoms with Crippen LogP contribution in [0.15, 0.2) is 220 Å². The minimum Gasteiger partial charge on any atom is -0.382 e. The van der Waals surface area contributed by atoms with Gasteiger partial charge in [-0.15, -0.1) is 0 Å². The molecule has 0 bridgehead atoms. The van der Waals surface area contributed by atoms with Crippen LogP contribution in [0, 0.1) is 5.82 Å². The average Bonchev–Trinajstić information content (AvgIpc) is 1.60. The maximum Gasteiger partial charge on any atom is 0.265 e. The molecule has 0 radical (unpaired) electrons. The van der Waals surface area contributed by atoms with E-state index in [1.165, 1.54) is 23.2 Å². The van der Waals surface area contributed by atoms with Gasteiger partial charge in [0.2, 0.25) is 0 Å². The summed E-state index contributed by atoms with van der Waals surface area (Å²) < 4.78 is 23.0. The van der Waals surface area contributed by atoms with E-state index >= 15 is 4.39 Å². The molecule has 3 aliphatic carbocycles. The Morgan fingerprint density at radius 3 is 1.71 bits per heavy atom. The molecule has 1 saturated heterocycles. The number of aromatic nitrogens is 15. The third kappa shape index (κ3) is 11.8. The van der Waals surface area contributed by atoms with Gasteiger partial charge in [0.25, 0.3) is 11.2 Å². The SMILES string of the molecule is Nc1nccn2c(C3CC(N4CCN(Cc5cnc[nH]5)CC4)C3)nc(-c3ccc4ccc(-c5ccccc5)nc4c3)c12.Nc1nccn2c(C3CCC3)nc(-c3ccc4ccc(-c5ccccc5)[n+](O)c4c3)c12.Nc1ncnn2c(C3CCC3)nc(-c3ccc4ccc(-c5ccccc5)nc4c3F)c12. The highest BCUT2D eigenvalue weighted by atomic mass is 19.1. The van der Waals surface area contributed by atoms with Crippen molar-refractivity contribution in [2.45, 2.75) is 81.7 Å². The van der Waals surface area contributed by atoms with Crippen LogP contribution in [0.3, 0.4) is 0 Å². The van der Waals surface area contributed by atoms with Crippen molar-refractivity contribution in [2.24, 2.45) is 0 Å². The number of nitrogens with one attached hydrogen (secondary N) is 1. The first-order valence-electron chi connectivity index (χ1n) is 35.6. The van der Waals surface area contributed by atoms with Gasteiger partial charge in [0.15, 0.2) is 11.6 Å². The molecular weight excluding hydrogens is 1300 g/mol. The zero-order valence-electron chi connectivity index (χ0n) is 57.0. The molecule has 4 fully saturated rings. The predicted octanol–water partition coefficient (Wildman–Crippen LogP) is 14.6. The molecule has 8 N–H and O–H groups in total. The van der Waals surface area contributed by atoms with Crippen LogP contribution in [0.4, 0.5) is 21.8 Å². The summed E-state index contributed by atoms with van der Waals surface area (Å²) in [5.41, 5.74) is 34.1. The summed E-state index contributed by atoms with van der Waals surface area (Å²) in [6, 6.07) is 58.4. The summed E-state index contributed by atoms with van der Waals surface area (Å²) in [5, 5.41) is 18.2. The van der Waals surface area contributed by atoms with Gasteiger partial charge < -0.3 is 22.2 Å². The molecule has 4 aliphatic rings. The highest BCUT2D eigenvalue weighted by Gasteiger charge is 2.39. The Morgan fingerprint density at radius 2 is 1.08 bits per heavy atom. The normalized spacial score (nSPS) is 16.5. The van der Waals surface area contributed by atoms with Crippen LogP contribution in [-0.4, -0.2) is 115 Å². The summed E-state index contributed by atoms with van der Waals surface area (Å²) in [7, 11) is 0. The van der Waals surface area contributed by atoms with Crippen LogP contribution in [0.2, 0.25) is 0 Å². The van der Waals surface area contributed by atoms with Crippen molar-refractivity contribution in [1.82, 2.24) is 78.1 Å². The van der Waals surface area contributed by atoms with Crippen LogP contribution >= 0.6 is 0 Å². The number of piperazine rings is 1. The monoisotopic (exact) mass is 1370 g/mol. The molecule has 0 spiro atoms. The van der Waals surface area contributed by atoms with Gasteiger partial charge in [-0.2, -0.15) is 5.10 Å². The topological polar surface area (TPSA) is 267 Å². The van der Waals surface area contributed by atoms with E-state index in [1.807, 2.05) is 146 Å². The quantitative estimate of drug-likeness (QED) is 0.0562. The smallest absolute Gasteiger partial charge is 0.265 e. The van der Waals surface area contributed by atoms with Gasteiger partial charge in [-0.1, -0.05) is 128 Å². The minimum atomic E-state index is -0.418. The third-order valence-corrected chi connectivity index (χ3v) is 21.4. The molecule has 21 nitrogen and oxygen atoms in total. The number of aromatic amines is 1. The number of halogens is 1. The van der Waals surface area contributed by atoms with E-state index in [4.69, 9.17) is 37.1 Å². The summed E-state index contributed by atoms with van der Waals surface area (Å²) >= 11 is 0. The van der Waals surface area contributed by atoms with Crippen molar-refractivity contribution in [2.75, 3.05) is 43.4 Å². The second kappa shape index (κ2) is 26.8. The number of nitrogen functional groups attached to an aromatic ring is 3. The molecule has 0 unspecified atom stereocenters. The van der Waals surface area contributed by atoms with Gasteiger partial charge in [-0.3, -0.25) is 23.8 Å². The van der Waals surface area contributed by atoms with Gasteiger partial charge in [-0.05, 0) is 87.1 Å². The predicted molar refractivity (Wildman–Crippen MR) is 402 cm³/mol. The van der Waals surface area contributed by atoms with E-state index in [-0.39, 0.29) is 5.82 Å². The number of benzene rings is 6. The lowest BCUT2D eigenvalue weighted by Crippen LogP contribution is -2.53. The molecule has 22 heteroatoms. The van der Waals surface area contributed by atoms with Crippen LogP contribution in [0.25, 0.3) is 117 Å². The number of nitrogens with zero attached hydrogens (tertiary/aromatic N) is 16. The number of imidazole rings is 4. The van der Waals surface area contributed by atoms with E-state index < -0.39 is 5.82 Å². The van der Waals surface area contributed by atoms with Crippen molar-refractivity contribution in [1.29, 1.82) is 0 Å². The van der Waals surface area contributed by atoms with Gasteiger partial charge in [-0.25, -0.2) is 53.8 Å². The average molecular weight is 1370 g/mol. The van der Waals surface area contributed by atoms with E-state index in [0.717, 1.165) is 184 Å². The number of H-pyrrole nitrogens is 1. The number of rotatable bonds is 12. The number of pyridine rings is 3. The Morgan fingerprint density at radius 1 is 0.519 bits per heavy atom. The van der Waals surface area contributed by atoms with Crippen LogP contribution in [-0.2, 0) is 6.54 Å². The van der Waals surface area contributed by atoms with Gasteiger partial charge >= 0.3 is 0 Å². The van der Waals surface area contributed by atoms with Crippen molar-refractivity contribution in [3.05, 3.63) is 249 Å². The fourth-order valence-electron chi connectivity index (χ4n) is 15.3.